The minimum atomic E-state index is -3.39. The van der Waals surface area contributed by atoms with Crippen molar-refractivity contribution < 1.29 is 13.2 Å². The van der Waals surface area contributed by atoms with Gasteiger partial charge in [0.2, 0.25) is 10.0 Å². The second kappa shape index (κ2) is 8.73. The van der Waals surface area contributed by atoms with Crippen LogP contribution >= 0.6 is 12.4 Å². The molecule has 0 saturated carbocycles. The third-order valence-electron chi connectivity index (χ3n) is 4.28. The van der Waals surface area contributed by atoms with Crippen LogP contribution in [0.1, 0.15) is 34.9 Å². The van der Waals surface area contributed by atoms with Crippen molar-refractivity contribution in [3.8, 4) is 0 Å². The number of halogens is 1. The monoisotopic (exact) mass is 413 g/mol. The van der Waals surface area contributed by atoms with Crippen molar-refractivity contribution in [2.75, 3.05) is 29.4 Å². The van der Waals surface area contributed by atoms with E-state index in [0.29, 0.717) is 17.1 Å². The van der Waals surface area contributed by atoms with Crippen molar-refractivity contribution in [3.05, 3.63) is 41.7 Å². The Balaban J connectivity index is 0.00000261. The smallest absolute Gasteiger partial charge is 0.276 e. The van der Waals surface area contributed by atoms with Crippen LogP contribution in [0, 0.1) is 6.92 Å². The van der Waals surface area contributed by atoms with Crippen LogP contribution < -0.4 is 15.4 Å². The van der Waals surface area contributed by atoms with E-state index in [1.54, 1.807) is 31.2 Å². The predicted molar refractivity (Wildman–Crippen MR) is 108 cm³/mol. The molecule has 148 valence electrons. The van der Waals surface area contributed by atoms with Crippen molar-refractivity contribution in [2.45, 2.75) is 25.8 Å². The molecular formula is C17H24ClN5O3S. The molecule has 1 atom stereocenters. The van der Waals surface area contributed by atoms with Gasteiger partial charge in [-0.3, -0.25) is 14.2 Å². The lowest BCUT2D eigenvalue weighted by atomic mass is 10.1. The molecule has 3 N–H and O–H groups in total. The molecule has 1 fully saturated rings. The SMILES string of the molecule is Cc1ccc(NC(=O)c2ccn(C3CCCNC3)n2)cc1NS(C)(=O)=O.Cl. The molecule has 1 aliphatic rings. The zero-order valence-corrected chi connectivity index (χ0v) is 16.9. The van der Waals surface area contributed by atoms with Gasteiger partial charge in [0.15, 0.2) is 5.69 Å². The van der Waals surface area contributed by atoms with Gasteiger partial charge in [-0.15, -0.1) is 12.4 Å². The number of rotatable bonds is 5. The summed E-state index contributed by atoms with van der Waals surface area (Å²) in [4.78, 5) is 12.5. The lowest BCUT2D eigenvalue weighted by Gasteiger charge is -2.22. The van der Waals surface area contributed by atoms with Gasteiger partial charge >= 0.3 is 0 Å². The van der Waals surface area contributed by atoms with Crippen LogP contribution in [0.2, 0.25) is 0 Å². The molecule has 0 spiro atoms. The Morgan fingerprint density at radius 1 is 1.33 bits per heavy atom. The van der Waals surface area contributed by atoms with E-state index in [9.17, 15) is 13.2 Å². The van der Waals surface area contributed by atoms with E-state index in [4.69, 9.17) is 0 Å². The Morgan fingerprint density at radius 3 is 2.78 bits per heavy atom. The number of carbonyl (C=O) groups is 1. The van der Waals surface area contributed by atoms with E-state index >= 15 is 0 Å². The summed E-state index contributed by atoms with van der Waals surface area (Å²) < 4.78 is 27.2. The predicted octanol–water partition coefficient (Wildman–Crippen LogP) is 2.16. The van der Waals surface area contributed by atoms with Crippen LogP contribution in [-0.2, 0) is 10.0 Å². The Hall–Kier alpha value is -2.10. The summed E-state index contributed by atoms with van der Waals surface area (Å²) in [5.41, 5.74) is 2.03. The number of aromatic nitrogens is 2. The molecule has 1 amide bonds. The zero-order chi connectivity index (χ0) is 18.7. The summed E-state index contributed by atoms with van der Waals surface area (Å²) in [5, 5.41) is 10.5. The first-order chi connectivity index (χ1) is 12.3. The summed E-state index contributed by atoms with van der Waals surface area (Å²) in [7, 11) is -3.39. The molecule has 0 bridgehead atoms. The van der Waals surface area contributed by atoms with Crippen molar-refractivity contribution in [1.82, 2.24) is 15.1 Å². The van der Waals surface area contributed by atoms with E-state index in [1.165, 1.54) is 0 Å². The van der Waals surface area contributed by atoms with Crippen molar-refractivity contribution >= 4 is 39.7 Å². The van der Waals surface area contributed by atoms with Gasteiger partial charge in [-0.25, -0.2) is 8.42 Å². The van der Waals surface area contributed by atoms with E-state index in [0.717, 1.165) is 37.8 Å². The van der Waals surface area contributed by atoms with E-state index < -0.39 is 10.0 Å². The fourth-order valence-electron chi connectivity index (χ4n) is 2.93. The normalized spacial score (nSPS) is 17.0. The molecule has 1 saturated heterocycles. The molecule has 27 heavy (non-hydrogen) atoms. The van der Waals surface area contributed by atoms with E-state index in [2.05, 4.69) is 20.5 Å². The van der Waals surface area contributed by atoms with E-state index in [1.807, 2.05) is 10.9 Å². The number of sulfonamides is 1. The lowest BCUT2D eigenvalue weighted by Crippen LogP contribution is -2.32. The molecule has 2 aromatic rings. The minimum absolute atomic E-state index is 0. The minimum Gasteiger partial charge on any atom is -0.321 e. The number of anilines is 2. The first-order valence-corrected chi connectivity index (χ1v) is 10.4. The number of hydrogen-bond donors (Lipinski definition) is 3. The number of carbonyl (C=O) groups excluding carboxylic acids is 1. The Bertz CT molecular complexity index is 907. The third-order valence-corrected chi connectivity index (χ3v) is 4.87. The quantitative estimate of drug-likeness (QED) is 0.696. The Labute approximate surface area is 165 Å². The Morgan fingerprint density at radius 2 is 2.11 bits per heavy atom. The van der Waals surface area contributed by atoms with Gasteiger partial charge in [-0.05, 0) is 50.1 Å². The van der Waals surface area contributed by atoms with Crippen LogP contribution in [0.15, 0.2) is 30.5 Å². The molecule has 1 unspecified atom stereocenters. The van der Waals surface area contributed by atoms with Crippen LogP contribution in [0.25, 0.3) is 0 Å². The first kappa shape index (κ1) is 21.2. The van der Waals surface area contributed by atoms with E-state index in [-0.39, 0.29) is 24.4 Å². The second-order valence-corrected chi connectivity index (χ2v) is 8.29. The number of benzene rings is 1. The molecule has 0 radical (unpaired) electrons. The topological polar surface area (TPSA) is 105 Å². The second-order valence-electron chi connectivity index (χ2n) is 6.54. The number of nitrogens with zero attached hydrogens (tertiary/aromatic N) is 2. The van der Waals surface area contributed by atoms with Gasteiger partial charge in [0.1, 0.15) is 0 Å². The summed E-state index contributed by atoms with van der Waals surface area (Å²) in [6.07, 6.45) is 5.03. The molecule has 0 aliphatic carbocycles. The fraction of sp³-hybridized carbons (Fsp3) is 0.412. The first-order valence-electron chi connectivity index (χ1n) is 8.47. The van der Waals surface area contributed by atoms with Crippen molar-refractivity contribution in [3.63, 3.8) is 0 Å². The number of piperidine rings is 1. The number of hydrogen-bond acceptors (Lipinski definition) is 5. The molecule has 1 aromatic heterocycles. The highest BCUT2D eigenvalue weighted by Gasteiger charge is 2.18. The third kappa shape index (κ3) is 5.69. The fourth-order valence-corrected chi connectivity index (χ4v) is 3.55. The maximum atomic E-state index is 12.5. The number of aryl methyl sites for hydroxylation is 1. The molecule has 10 heteroatoms. The number of amides is 1. The van der Waals surface area contributed by atoms with Crippen molar-refractivity contribution in [2.24, 2.45) is 0 Å². The van der Waals surface area contributed by atoms with Crippen LogP contribution in [-0.4, -0.2) is 43.5 Å². The standard InChI is InChI=1S/C17H23N5O3S.ClH/c1-12-5-6-13(10-16(12)21-26(2,24)25)19-17(23)15-7-9-22(20-15)14-4-3-8-18-11-14;/h5-7,9-10,14,18,21H,3-4,8,11H2,1-2H3,(H,19,23);1H. The largest absolute Gasteiger partial charge is 0.321 e. The summed E-state index contributed by atoms with van der Waals surface area (Å²) in [5.74, 6) is -0.332. The van der Waals surface area contributed by atoms with Gasteiger partial charge in [-0.2, -0.15) is 5.10 Å². The molecular weight excluding hydrogens is 390 g/mol. The summed E-state index contributed by atoms with van der Waals surface area (Å²) >= 11 is 0. The van der Waals surface area contributed by atoms with Crippen LogP contribution in [0.5, 0.6) is 0 Å². The molecule has 1 aromatic carbocycles. The maximum Gasteiger partial charge on any atom is 0.276 e. The maximum absolute atomic E-state index is 12.5. The Kier molecular flexibility index (Phi) is 6.85. The molecule has 2 heterocycles. The van der Waals surface area contributed by atoms with Crippen LogP contribution in [0.3, 0.4) is 0 Å². The zero-order valence-electron chi connectivity index (χ0n) is 15.2. The van der Waals surface area contributed by atoms with Gasteiger partial charge < -0.3 is 10.6 Å². The van der Waals surface area contributed by atoms with Gasteiger partial charge in [-0.1, -0.05) is 6.07 Å². The van der Waals surface area contributed by atoms with Crippen LogP contribution in [0.4, 0.5) is 11.4 Å². The van der Waals surface area contributed by atoms with Gasteiger partial charge in [0.25, 0.3) is 5.91 Å². The summed E-state index contributed by atoms with van der Waals surface area (Å²) in [6.45, 7) is 3.66. The average Bonchev–Trinajstić information content (AvgIpc) is 3.08. The average molecular weight is 414 g/mol. The lowest BCUT2D eigenvalue weighted by molar-refractivity contribution is 0.102. The van der Waals surface area contributed by atoms with Gasteiger partial charge in [0.05, 0.1) is 18.0 Å². The highest BCUT2D eigenvalue weighted by Crippen LogP contribution is 2.22. The highest BCUT2D eigenvalue weighted by molar-refractivity contribution is 7.92. The highest BCUT2D eigenvalue weighted by atomic mass is 35.5. The van der Waals surface area contributed by atoms with Crippen molar-refractivity contribution in [1.29, 1.82) is 0 Å². The number of nitrogens with one attached hydrogen (secondary N) is 3. The van der Waals surface area contributed by atoms with Gasteiger partial charge in [0, 0.05) is 18.4 Å². The molecule has 1 aliphatic heterocycles. The summed E-state index contributed by atoms with van der Waals surface area (Å²) in [6, 6.07) is 7.01. The molecule has 8 nitrogen and oxygen atoms in total. The molecule has 3 rings (SSSR count).